The number of carbonyl (C=O) groups excluding carboxylic acids is 2. The Labute approximate surface area is 162 Å². The van der Waals surface area contributed by atoms with E-state index in [2.05, 4.69) is 20.7 Å². The van der Waals surface area contributed by atoms with E-state index in [9.17, 15) is 18.0 Å². The number of likely N-dealkylation sites (tertiary alicyclic amines) is 1. The van der Waals surface area contributed by atoms with E-state index in [0.717, 1.165) is 4.47 Å². The number of amides is 1. The third-order valence-electron chi connectivity index (χ3n) is 4.22. The SMILES string of the molecule is CCOC(=O)C1CCN(C(=O)CCNS(=O)(=O)c2ccc(Br)cc2)CC1. The zero-order chi connectivity index (χ0) is 19.2. The van der Waals surface area contributed by atoms with Gasteiger partial charge in [-0.3, -0.25) is 9.59 Å². The second kappa shape index (κ2) is 9.48. The maximum absolute atomic E-state index is 12.2. The molecule has 1 fully saturated rings. The molecule has 0 radical (unpaired) electrons. The lowest BCUT2D eigenvalue weighted by Gasteiger charge is -2.31. The van der Waals surface area contributed by atoms with Crippen LogP contribution in [0.5, 0.6) is 0 Å². The number of nitrogens with zero attached hydrogens (tertiary/aromatic N) is 1. The molecule has 1 aliphatic heterocycles. The normalized spacial score (nSPS) is 15.7. The summed E-state index contributed by atoms with van der Waals surface area (Å²) >= 11 is 3.26. The zero-order valence-corrected chi connectivity index (χ0v) is 17.0. The predicted octanol–water partition coefficient (Wildman–Crippen LogP) is 1.92. The first-order chi connectivity index (χ1) is 12.3. The van der Waals surface area contributed by atoms with Gasteiger partial charge in [0.1, 0.15) is 0 Å². The summed E-state index contributed by atoms with van der Waals surface area (Å²) < 4.78 is 32.6. The number of nitrogens with one attached hydrogen (secondary N) is 1. The van der Waals surface area contributed by atoms with Gasteiger partial charge in [0.15, 0.2) is 0 Å². The number of rotatable bonds is 7. The van der Waals surface area contributed by atoms with E-state index in [1.807, 2.05) is 0 Å². The molecule has 0 aromatic heterocycles. The first kappa shape index (κ1) is 20.9. The Bertz CT molecular complexity index is 728. The number of esters is 1. The second-order valence-corrected chi connectivity index (χ2v) is 8.69. The molecule has 1 heterocycles. The average Bonchev–Trinajstić information content (AvgIpc) is 2.62. The molecule has 144 valence electrons. The quantitative estimate of drug-likeness (QED) is 0.645. The number of benzene rings is 1. The van der Waals surface area contributed by atoms with Crippen molar-refractivity contribution in [3.8, 4) is 0 Å². The van der Waals surface area contributed by atoms with E-state index in [1.54, 1.807) is 24.0 Å². The van der Waals surface area contributed by atoms with Gasteiger partial charge in [-0.2, -0.15) is 0 Å². The molecular formula is C17H23BrN2O5S. The molecule has 1 aliphatic rings. The Balaban J connectivity index is 1.77. The highest BCUT2D eigenvalue weighted by Gasteiger charge is 2.28. The van der Waals surface area contributed by atoms with E-state index in [0.29, 0.717) is 32.5 Å². The van der Waals surface area contributed by atoms with Crippen LogP contribution < -0.4 is 4.72 Å². The Kier molecular flexibility index (Phi) is 7.60. The molecule has 0 spiro atoms. The van der Waals surface area contributed by atoms with Gasteiger partial charge in [0.25, 0.3) is 0 Å². The van der Waals surface area contributed by atoms with E-state index in [4.69, 9.17) is 4.74 Å². The highest BCUT2D eigenvalue weighted by Crippen LogP contribution is 2.19. The lowest BCUT2D eigenvalue weighted by atomic mass is 9.97. The molecule has 1 saturated heterocycles. The molecule has 1 amide bonds. The van der Waals surface area contributed by atoms with E-state index >= 15 is 0 Å². The van der Waals surface area contributed by atoms with Crippen molar-refractivity contribution in [1.29, 1.82) is 0 Å². The number of halogens is 1. The van der Waals surface area contributed by atoms with Crippen LogP contribution in [0, 0.1) is 5.92 Å². The molecule has 0 unspecified atom stereocenters. The van der Waals surface area contributed by atoms with Gasteiger partial charge in [-0.05, 0) is 44.0 Å². The van der Waals surface area contributed by atoms with Crippen LogP contribution in [-0.2, 0) is 24.3 Å². The van der Waals surface area contributed by atoms with Crippen molar-refractivity contribution in [2.45, 2.75) is 31.1 Å². The van der Waals surface area contributed by atoms with E-state index in [1.165, 1.54) is 12.1 Å². The van der Waals surface area contributed by atoms with Crippen molar-refractivity contribution in [2.75, 3.05) is 26.2 Å². The van der Waals surface area contributed by atoms with Gasteiger partial charge >= 0.3 is 5.97 Å². The van der Waals surface area contributed by atoms with Crippen LogP contribution in [0.25, 0.3) is 0 Å². The highest BCUT2D eigenvalue weighted by molar-refractivity contribution is 9.10. The molecule has 0 atom stereocenters. The molecule has 1 aromatic carbocycles. The van der Waals surface area contributed by atoms with Crippen molar-refractivity contribution in [3.05, 3.63) is 28.7 Å². The van der Waals surface area contributed by atoms with Crippen LogP contribution in [-0.4, -0.2) is 51.4 Å². The summed E-state index contributed by atoms with van der Waals surface area (Å²) in [6, 6.07) is 6.28. The summed E-state index contributed by atoms with van der Waals surface area (Å²) in [5.41, 5.74) is 0. The lowest BCUT2D eigenvalue weighted by molar-refractivity contribution is -0.151. The van der Waals surface area contributed by atoms with Crippen LogP contribution in [0.2, 0.25) is 0 Å². The average molecular weight is 447 g/mol. The van der Waals surface area contributed by atoms with Crippen molar-refractivity contribution < 1.29 is 22.7 Å². The van der Waals surface area contributed by atoms with E-state index in [-0.39, 0.29) is 35.7 Å². The third kappa shape index (κ3) is 5.78. The minimum absolute atomic E-state index is 0.0367. The number of ether oxygens (including phenoxy) is 1. The van der Waals surface area contributed by atoms with Gasteiger partial charge in [0, 0.05) is 30.5 Å². The highest BCUT2D eigenvalue weighted by atomic mass is 79.9. The van der Waals surface area contributed by atoms with Crippen LogP contribution in [0.4, 0.5) is 0 Å². The summed E-state index contributed by atoms with van der Waals surface area (Å²) in [6.07, 6.45) is 1.24. The molecule has 2 rings (SSSR count). The topological polar surface area (TPSA) is 92.8 Å². The fourth-order valence-electron chi connectivity index (χ4n) is 2.77. The van der Waals surface area contributed by atoms with Crippen LogP contribution in [0.15, 0.2) is 33.6 Å². The maximum Gasteiger partial charge on any atom is 0.309 e. The largest absolute Gasteiger partial charge is 0.466 e. The Morgan fingerprint density at radius 2 is 1.85 bits per heavy atom. The first-order valence-electron chi connectivity index (χ1n) is 8.53. The minimum atomic E-state index is -3.63. The summed E-state index contributed by atoms with van der Waals surface area (Å²) in [5.74, 6) is -0.484. The molecule has 1 aromatic rings. The van der Waals surface area contributed by atoms with Crippen molar-refractivity contribution >= 4 is 37.8 Å². The molecule has 0 saturated carbocycles. The molecule has 26 heavy (non-hydrogen) atoms. The number of hydrogen-bond donors (Lipinski definition) is 1. The van der Waals surface area contributed by atoms with Crippen LogP contribution >= 0.6 is 15.9 Å². The smallest absolute Gasteiger partial charge is 0.309 e. The summed E-state index contributed by atoms with van der Waals surface area (Å²) in [5, 5.41) is 0. The van der Waals surface area contributed by atoms with Gasteiger partial charge in [0.2, 0.25) is 15.9 Å². The summed E-state index contributed by atoms with van der Waals surface area (Å²) in [4.78, 5) is 25.8. The minimum Gasteiger partial charge on any atom is -0.466 e. The molecule has 0 bridgehead atoms. The summed E-state index contributed by atoms with van der Waals surface area (Å²) in [6.45, 7) is 3.14. The first-order valence-corrected chi connectivity index (χ1v) is 10.8. The van der Waals surface area contributed by atoms with Gasteiger partial charge in [-0.1, -0.05) is 15.9 Å². The maximum atomic E-state index is 12.2. The lowest BCUT2D eigenvalue weighted by Crippen LogP contribution is -2.41. The number of sulfonamides is 1. The van der Waals surface area contributed by atoms with Gasteiger partial charge < -0.3 is 9.64 Å². The van der Waals surface area contributed by atoms with Crippen molar-refractivity contribution in [2.24, 2.45) is 5.92 Å². The molecule has 0 aliphatic carbocycles. The van der Waals surface area contributed by atoms with Crippen LogP contribution in [0.3, 0.4) is 0 Å². The third-order valence-corrected chi connectivity index (χ3v) is 6.23. The Hall–Kier alpha value is -1.45. The Morgan fingerprint density at radius 3 is 2.42 bits per heavy atom. The Morgan fingerprint density at radius 1 is 1.23 bits per heavy atom. The zero-order valence-electron chi connectivity index (χ0n) is 14.6. The molecule has 9 heteroatoms. The van der Waals surface area contributed by atoms with Crippen molar-refractivity contribution in [3.63, 3.8) is 0 Å². The van der Waals surface area contributed by atoms with Crippen molar-refractivity contribution in [1.82, 2.24) is 9.62 Å². The second-order valence-electron chi connectivity index (χ2n) is 6.01. The monoisotopic (exact) mass is 446 g/mol. The van der Waals surface area contributed by atoms with Gasteiger partial charge in [0.05, 0.1) is 17.4 Å². The number of piperidine rings is 1. The molecule has 1 N–H and O–H groups in total. The fraction of sp³-hybridized carbons (Fsp3) is 0.529. The van der Waals surface area contributed by atoms with Crippen LogP contribution in [0.1, 0.15) is 26.2 Å². The standard InChI is InChI=1S/C17H23BrN2O5S/c1-2-25-17(22)13-8-11-20(12-9-13)16(21)7-10-19-26(23,24)15-5-3-14(18)4-6-15/h3-6,13,19H,2,7-12H2,1H3. The number of hydrogen-bond acceptors (Lipinski definition) is 5. The molecule has 7 nitrogen and oxygen atoms in total. The van der Waals surface area contributed by atoms with Gasteiger partial charge in [-0.25, -0.2) is 13.1 Å². The summed E-state index contributed by atoms with van der Waals surface area (Å²) in [7, 11) is -3.63. The fourth-order valence-corrected chi connectivity index (χ4v) is 4.07. The van der Waals surface area contributed by atoms with E-state index < -0.39 is 10.0 Å². The molecular weight excluding hydrogens is 424 g/mol. The van der Waals surface area contributed by atoms with Gasteiger partial charge in [-0.15, -0.1) is 0 Å². The number of carbonyl (C=O) groups is 2. The predicted molar refractivity (Wildman–Crippen MR) is 99.9 cm³/mol.